The van der Waals surface area contributed by atoms with Gasteiger partial charge in [0.1, 0.15) is 11.5 Å². The molecule has 0 saturated heterocycles. The Balaban J connectivity index is 0.00000304. The zero-order valence-corrected chi connectivity index (χ0v) is 22.1. The minimum absolute atomic E-state index is 0. The quantitative estimate of drug-likeness (QED) is 0.320. The molecule has 0 unspecified atom stereocenters. The standard InChI is InChI=1S/C31H25NO3.Na/c33-31(34)20-13-24-12-19-30-29(21-24)25(14-11-23-7-3-1-4-8-23)22-32(30)26-15-17-28(18-16-26)35-27-9-5-2-6-10-27;/h1-12,14-19,21-22H,13,20H2,(H,33,34);/q;+1/p-1. The SMILES string of the molecule is O=C([O-])CCc1ccc2c(c1)c(C=Cc1ccccc1)cn2-c1ccc(Oc2ccccc2)cc1.[Na+]. The number of carboxylic acids is 1. The van der Waals surface area contributed by atoms with Gasteiger partial charge in [0.25, 0.3) is 0 Å². The number of ether oxygens (including phenoxy) is 1. The van der Waals surface area contributed by atoms with E-state index >= 15 is 0 Å². The van der Waals surface area contributed by atoms with Crippen molar-refractivity contribution in [3.63, 3.8) is 0 Å². The number of aryl methyl sites for hydroxylation is 1. The van der Waals surface area contributed by atoms with Crippen LogP contribution in [0.4, 0.5) is 0 Å². The number of para-hydroxylation sites is 1. The van der Waals surface area contributed by atoms with Crippen molar-refractivity contribution >= 4 is 29.0 Å². The minimum atomic E-state index is -1.04. The molecule has 172 valence electrons. The van der Waals surface area contributed by atoms with Gasteiger partial charge in [-0.05, 0) is 72.5 Å². The number of rotatable bonds is 8. The van der Waals surface area contributed by atoms with Crippen molar-refractivity contribution in [1.29, 1.82) is 0 Å². The second-order valence-electron chi connectivity index (χ2n) is 8.33. The Kier molecular flexibility index (Phi) is 8.44. The number of fused-ring (bicyclic) bond motifs is 1. The monoisotopic (exact) mass is 481 g/mol. The van der Waals surface area contributed by atoms with Gasteiger partial charge in [0.15, 0.2) is 0 Å². The number of carboxylic acid groups (broad SMARTS) is 1. The molecular weight excluding hydrogens is 457 g/mol. The molecule has 0 saturated carbocycles. The summed E-state index contributed by atoms with van der Waals surface area (Å²) < 4.78 is 8.09. The van der Waals surface area contributed by atoms with Crippen LogP contribution in [0.15, 0.2) is 109 Å². The second-order valence-corrected chi connectivity index (χ2v) is 8.33. The number of hydrogen-bond acceptors (Lipinski definition) is 3. The van der Waals surface area contributed by atoms with Crippen LogP contribution in [0, 0.1) is 0 Å². The summed E-state index contributed by atoms with van der Waals surface area (Å²) in [7, 11) is 0. The van der Waals surface area contributed by atoms with Gasteiger partial charge in [-0.25, -0.2) is 0 Å². The number of hydrogen-bond donors (Lipinski definition) is 0. The number of benzene rings is 4. The van der Waals surface area contributed by atoms with Crippen LogP contribution < -0.4 is 39.4 Å². The van der Waals surface area contributed by atoms with Crippen LogP contribution in [-0.2, 0) is 11.2 Å². The third-order valence-electron chi connectivity index (χ3n) is 5.87. The molecule has 0 bridgehead atoms. The fourth-order valence-corrected chi connectivity index (χ4v) is 4.10. The zero-order chi connectivity index (χ0) is 24.0. The van der Waals surface area contributed by atoms with Gasteiger partial charge in [0.05, 0.1) is 5.52 Å². The zero-order valence-electron chi connectivity index (χ0n) is 20.1. The molecule has 4 aromatic carbocycles. The summed E-state index contributed by atoms with van der Waals surface area (Å²) in [5.74, 6) is 0.527. The molecule has 5 heteroatoms. The first-order valence-electron chi connectivity index (χ1n) is 11.6. The van der Waals surface area contributed by atoms with E-state index in [-0.39, 0.29) is 36.0 Å². The predicted molar refractivity (Wildman–Crippen MR) is 138 cm³/mol. The molecule has 4 nitrogen and oxygen atoms in total. The summed E-state index contributed by atoms with van der Waals surface area (Å²) in [6.45, 7) is 0. The van der Waals surface area contributed by atoms with Gasteiger partial charge in [-0.15, -0.1) is 0 Å². The van der Waals surface area contributed by atoms with E-state index in [0.29, 0.717) is 6.42 Å². The van der Waals surface area contributed by atoms with Crippen molar-refractivity contribution in [1.82, 2.24) is 4.57 Å². The van der Waals surface area contributed by atoms with Crippen molar-refractivity contribution in [2.75, 3.05) is 0 Å². The average Bonchev–Trinajstić information content (AvgIpc) is 3.26. The van der Waals surface area contributed by atoms with Crippen LogP contribution in [0.5, 0.6) is 11.5 Å². The Hall–Kier alpha value is -3.57. The summed E-state index contributed by atoms with van der Waals surface area (Å²) in [6.07, 6.45) is 6.74. The van der Waals surface area contributed by atoms with Crippen LogP contribution in [-0.4, -0.2) is 10.5 Å². The number of aromatic nitrogens is 1. The molecule has 5 aromatic rings. The molecule has 5 rings (SSSR count). The fourth-order valence-electron chi connectivity index (χ4n) is 4.10. The first kappa shape index (κ1) is 25.5. The van der Waals surface area contributed by atoms with Crippen molar-refractivity contribution in [2.24, 2.45) is 0 Å². The molecule has 0 aliphatic carbocycles. The Labute approximate surface area is 232 Å². The first-order chi connectivity index (χ1) is 17.2. The van der Waals surface area contributed by atoms with Crippen molar-refractivity contribution < 1.29 is 44.2 Å². The third kappa shape index (κ3) is 6.16. The van der Waals surface area contributed by atoms with Gasteiger partial charge in [-0.2, -0.15) is 0 Å². The molecule has 1 heterocycles. The van der Waals surface area contributed by atoms with Gasteiger partial charge in [-0.3, -0.25) is 0 Å². The van der Waals surface area contributed by atoms with Crippen LogP contribution in [0.1, 0.15) is 23.1 Å². The number of carbonyl (C=O) groups is 1. The minimum Gasteiger partial charge on any atom is -0.550 e. The molecule has 36 heavy (non-hydrogen) atoms. The Bertz CT molecular complexity index is 1470. The second kappa shape index (κ2) is 11.9. The van der Waals surface area contributed by atoms with Crippen molar-refractivity contribution in [3.8, 4) is 17.2 Å². The maximum absolute atomic E-state index is 11.0. The van der Waals surface area contributed by atoms with Crippen LogP contribution in [0.3, 0.4) is 0 Å². The molecule has 0 fully saturated rings. The molecule has 0 atom stereocenters. The summed E-state index contributed by atoms with van der Waals surface area (Å²) in [5.41, 5.74) is 5.21. The maximum Gasteiger partial charge on any atom is 1.00 e. The van der Waals surface area contributed by atoms with E-state index in [0.717, 1.165) is 44.8 Å². The van der Waals surface area contributed by atoms with E-state index in [1.165, 1.54) is 0 Å². The Morgan fingerprint density at radius 3 is 2.17 bits per heavy atom. The topological polar surface area (TPSA) is 54.3 Å². The number of carbonyl (C=O) groups excluding carboxylic acids is 1. The van der Waals surface area contributed by atoms with Gasteiger partial charge in [-0.1, -0.05) is 66.7 Å². The summed E-state index contributed by atoms with van der Waals surface area (Å²) in [6, 6.07) is 34.0. The van der Waals surface area contributed by atoms with Crippen LogP contribution >= 0.6 is 0 Å². The number of nitrogens with zero attached hydrogens (tertiary/aromatic N) is 1. The van der Waals surface area contributed by atoms with Gasteiger partial charge < -0.3 is 19.2 Å². The third-order valence-corrected chi connectivity index (χ3v) is 5.87. The molecule has 0 N–H and O–H groups in total. The smallest absolute Gasteiger partial charge is 0.550 e. The van der Waals surface area contributed by atoms with Crippen LogP contribution in [0.2, 0.25) is 0 Å². The van der Waals surface area contributed by atoms with Gasteiger partial charge >= 0.3 is 29.6 Å². The first-order valence-corrected chi connectivity index (χ1v) is 11.6. The van der Waals surface area contributed by atoms with Crippen molar-refractivity contribution in [2.45, 2.75) is 12.8 Å². The van der Waals surface area contributed by atoms with E-state index in [9.17, 15) is 9.90 Å². The predicted octanol–water partition coefficient (Wildman–Crippen LogP) is 3.28. The summed E-state index contributed by atoms with van der Waals surface area (Å²) in [5, 5.41) is 12.0. The summed E-state index contributed by atoms with van der Waals surface area (Å²) >= 11 is 0. The molecule has 0 aliphatic rings. The Morgan fingerprint density at radius 2 is 1.47 bits per heavy atom. The molecule has 0 radical (unpaired) electrons. The fraction of sp³-hybridized carbons (Fsp3) is 0.0645. The van der Waals surface area contributed by atoms with E-state index in [1.807, 2.05) is 84.9 Å². The Morgan fingerprint density at radius 1 is 0.806 bits per heavy atom. The molecule has 1 aromatic heterocycles. The largest absolute Gasteiger partial charge is 1.00 e. The number of aliphatic carboxylic acids is 1. The normalized spacial score (nSPS) is 10.9. The molecular formula is C31H24NNaO3. The van der Waals surface area contributed by atoms with E-state index in [2.05, 4.69) is 41.1 Å². The van der Waals surface area contributed by atoms with Gasteiger partial charge in [0, 0.05) is 28.8 Å². The average molecular weight is 482 g/mol. The molecule has 0 aliphatic heterocycles. The van der Waals surface area contributed by atoms with Gasteiger partial charge in [0.2, 0.25) is 0 Å². The van der Waals surface area contributed by atoms with E-state index < -0.39 is 5.97 Å². The maximum atomic E-state index is 11.0. The summed E-state index contributed by atoms with van der Waals surface area (Å²) in [4.78, 5) is 11.0. The van der Waals surface area contributed by atoms with Crippen molar-refractivity contribution in [3.05, 3.63) is 126 Å². The van der Waals surface area contributed by atoms with E-state index in [4.69, 9.17) is 4.74 Å². The molecule has 0 amide bonds. The molecule has 0 spiro atoms. The van der Waals surface area contributed by atoms with Crippen LogP contribution in [0.25, 0.3) is 28.7 Å². The van der Waals surface area contributed by atoms with E-state index in [1.54, 1.807) is 0 Å².